The van der Waals surface area contributed by atoms with Crippen molar-refractivity contribution < 1.29 is 13.9 Å². The molecule has 0 aliphatic heterocycles. The zero-order chi connectivity index (χ0) is 10.4. The summed E-state index contributed by atoms with van der Waals surface area (Å²) in [6, 6.07) is 7.10. The molecule has 1 aromatic rings. The standard InChI is InChI=1S/C11H15FO2/c1-9(8-13-2)14-11-6-4-3-5-10(11)7-12/h3-6,9H,7-8H2,1-2H3. The lowest BCUT2D eigenvalue weighted by Gasteiger charge is -2.15. The maximum Gasteiger partial charge on any atom is 0.125 e. The fraction of sp³-hybridized carbons (Fsp3) is 0.455. The molecular weight excluding hydrogens is 183 g/mol. The molecule has 0 saturated carbocycles. The molecule has 3 heteroatoms. The largest absolute Gasteiger partial charge is 0.488 e. The SMILES string of the molecule is COCC(C)Oc1ccccc1CF. The molecule has 0 saturated heterocycles. The van der Waals surface area contributed by atoms with Crippen LogP contribution >= 0.6 is 0 Å². The van der Waals surface area contributed by atoms with Crippen LogP contribution in [0.2, 0.25) is 0 Å². The quantitative estimate of drug-likeness (QED) is 0.724. The van der Waals surface area contributed by atoms with Gasteiger partial charge in [0.1, 0.15) is 18.5 Å². The Hall–Kier alpha value is -1.09. The van der Waals surface area contributed by atoms with Crippen LogP contribution in [-0.2, 0) is 11.4 Å². The van der Waals surface area contributed by atoms with Crippen molar-refractivity contribution >= 4 is 0 Å². The Morgan fingerprint density at radius 1 is 1.36 bits per heavy atom. The normalized spacial score (nSPS) is 12.5. The van der Waals surface area contributed by atoms with Gasteiger partial charge in [0.25, 0.3) is 0 Å². The van der Waals surface area contributed by atoms with E-state index in [9.17, 15) is 4.39 Å². The number of rotatable bonds is 5. The number of para-hydroxylation sites is 1. The summed E-state index contributed by atoms with van der Waals surface area (Å²) in [5, 5.41) is 0. The molecule has 1 atom stereocenters. The highest BCUT2D eigenvalue weighted by Gasteiger charge is 2.06. The van der Waals surface area contributed by atoms with Crippen molar-refractivity contribution in [2.24, 2.45) is 0 Å². The van der Waals surface area contributed by atoms with Crippen LogP contribution < -0.4 is 4.74 Å². The van der Waals surface area contributed by atoms with E-state index >= 15 is 0 Å². The number of methoxy groups -OCH3 is 1. The third kappa shape index (κ3) is 3.00. The molecule has 2 nitrogen and oxygen atoms in total. The minimum Gasteiger partial charge on any atom is -0.488 e. The van der Waals surface area contributed by atoms with Crippen molar-refractivity contribution in [2.45, 2.75) is 19.7 Å². The molecule has 1 unspecified atom stereocenters. The second kappa shape index (κ2) is 5.60. The van der Waals surface area contributed by atoms with Crippen molar-refractivity contribution in [2.75, 3.05) is 13.7 Å². The first-order chi connectivity index (χ1) is 6.77. The van der Waals surface area contributed by atoms with Gasteiger partial charge in [-0.15, -0.1) is 0 Å². The second-order valence-corrected chi connectivity index (χ2v) is 3.13. The molecule has 0 fully saturated rings. The maximum absolute atomic E-state index is 12.5. The fourth-order valence-electron chi connectivity index (χ4n) is 1.21. The van der Waals surface area contributed by atoms with E-state index in [1.54, 1.807) is 25.3 Å². The van der Waals surface area contributed by atoms with E-state index in [4.69, 9.17) is 9.47 Å². The first kappa shape index (κ1) is 11.0. The minimum absolute atomic E-state index is 0.0623. The summed E-state index contributed by atoms with van der Waals surface area (Å²) >= 11 is 0. The van der Waals surface area contributed by atoms with Gasteiger partial charge in [-0.3, -0.25) is 0 Å². The first-order valence-corrected chi connectivity index (χ1v) is 4.57. The number of benzene rings is 1. The van der Waals surface area contributed by atoms with Crippen LogP contribution in [0.1, 0.15) is 12.5 Å². The highest BCUT2D eigenvalue weighted by Crippen LogP contribution is 2.20. The van der Waals surface area contributed by atoms with Crippen molar-refractivity contribution in [1.29, 1.82) is 0 Å². The predicted octanol–water partition coefficient (Wildman–Crippen LogP) is 2.57. The molecule has 14 heavy (non-hydrogen) atoms. The Balaban J connectivity index is 2.65. The van der Waals surface area contributed by atoms with Gasteiger partial charge >= 0.3 is 0 Å². The van der Waals surface area contributed by atoms with Crippen LogP contribution in [0.4, 0.5) is 4.39 Å². The molecule has 0 amide bonds. The average Bonchev–Trinajstić information content (AvgIpc) is 2.19. The lowest BCUT2D eigenvalue weighted by molar-refractivity contribution is 0.0910. The molecule has 0 aromatic heterocycles. The first-order valence-electron chi connectivity index (χ1n) is 4.57. The number of ether oxygens (including phenoxy) is 2. The summed E-state index contributed by atoms with van der Waals surface area (Å²) < 4.78 is 23.0. The van der Waals surface area contributed by atoms with E-state index in [-0.39, 0.29) is 6.10 Å². The Kier molecular flexibility index (Phi) is 4.40. The van der Waals surface area contributed by atoms with Gasteiger partial charge in [0.15, 0.2) is 0 Å². The van der Waals surface area contributed by atoms with Crippen LogP contribution in [0, 0.1) is 0 Å². The van der Waals surface area contributed by atoms with Gasteiger partial charge in [0, 0.05) is 12.7 Å². The van der Waals surface area contributed by atoms with Crippen molar-refractivity contribution in [3.8, 4) is 5.75 Å². The zero-order valence-corrected chi connectivity index (χ0v) is 8.50. The third-order valence-electron chi connectivity index (χ3n) is 1.85. The van der Waals surface area contributed by atoms with Gasteiger partial charge in [0.2, 0.25) is 0 Å². The molecule has 1 rings (SSSR count). The van der Waals surface area contributed by atoms with E-state index in [2.05, 4.69) is 0 Å². The summed E-state index contributed by atoms with van der Waals surface area (Å²) in [6.45, 7) is 1.88. The van der Waals surface area contributed by atoms with Gasteiger partial charge in [-0.25, -0.2) is 4.39 Å². The second-order valence-electron chi connectivity index (χ2n) is 3.13. The molecule has 0 heterocycles. The van der Waals surface area contributed by atoms with Gasteiger partial charge in [-0.05, 0) is 13.0 Å². The van der Waals surface area contributed by atoms with E-state index < -0.39 is 6.67 Å². The van der Waals surface area contributed by atoms with Crippen LogP contribution in [0.25, 0.3) is 0 Å². The Morgan fingerprint density at radius 3 is 2.71 bits per heavy atom. The maximum atomic E-state index is 12.5. The van der Waals surface area contributed by atoms with Crippen molar-refractivity contribution in [3.05, 3.63) is 29.8 Å². The Morgan fingerprint density at radius 2 is 2.07 bits per heavy atom. The summed E-state index contributed by atoms with van der Waals surface area (Å²) in [5.74, 6) is 0.597. The lowest BCUT2D eigenvalue weighted by atomic mass is 10.2. The van der Waals surface area contributed by atoms with Gasteiger partial charge in [-0.2, -0.15) is 0 Å². The molecular formula is C11H15FO2. The van der Waals surface area contributed by atoms with Gasteiger partial charge in [0.05, 0.1) is 6.61 Å². The molecule has 0 N–H and O–H groups in total. The van der Waals surface area contributed by atoms with E-state index in [1.165, 1.54) is 0 Å². The van der Waals surface area contributed by atoms with Crippen molar-refractivity contribution in [3.63, 3.8) is 0 Å². The molecule has 1 aromatic carbocycles. The molecule has 0 spiro atoms. The highest BCUT2D eigenvalue weighted by atomic mass is 19.1. The molecule has 0 bridgehead atoms. The average molecular weight is 198 g/mol. The lowest BCUT2D eigenvalue weighted by Crippen LogP contribution is -2.18. The predicted molar refractivity (Wildman–Crippen MR) is 53.2 cm³/mol. The fourth-order valence-corrected chi connectivity index (χ4v) is 1.21. The van der Waals surface area contributed by atoms with Gasteiger partial charge < -0.3 is 9.47 Å². The summed E-state index contributed by atoms with van der Waals surface area (Å²) in [4.78, 5) is 0. The van der Waals surface area contributed by atoms with Crippen LogP contribution in [0.5, 0.6) is 5.75 Å². The number of hydrogen-bond acceptors (Lipinski definition) is 2. The molecule has 0 aliphatic rings. The number of halogens is 1. The van der Waals surface area contributed by atoms with Crippen molar-refractivity contribution in [1.82, 2.24) is 0 Å². The summed E-state index contributed by atoms with van der Waals surface area (Å²) in [7, 11) is 1.61. The van der Waals surface area contributed by atoms with E-state index in [1.807, 2.05) is 13.0 Å². The van der Waals surface area contributed by atoms with Gasteiger partial charge in [-0.1, -0.05) is 18.2 Å². The van der Waals surface area contributed by atoms with Crippen LogP contribution in [0.3, 0.4) is 0 Å². The zero-order valence-electron chi connectivity index (χ0n) is 8.50. The Labute approximate surface area is 83.6 Å². The molecule has 78 valence electrons. The summed E-state index contributed by atoms with van der Waals surface area (Å²) in [5.41, 5.74) is 0.579. The third-order valence-corrected chi connectivity index (χ3v) is 1.85. The van der Waals surface area contributed by atoms with E-state index in [0.717, 1.165) is 0 Å². The van der Waals surface area contributed by atoms with Crippen LogP contribution in [-0.4, -0.2) is 19.8 Å². The highest BCUT2D eigenvalue weighted by molar-refractivity contribution is 5.32. The molecule has 0 radical (unpaired) electrons. The topological polar surface area (TPSA) is 18.5 Å². The Bertz CT molecular complexity index is 276. The number of hydrogen-bond donors (Lipinski definition) is 0. The number of alkyl halides is 1. The smallest absolute Gasteiger partial charge is 0.125 e. The monoisotopic (exact) mass is 198 g/mol. The van der Waals surface area contributed by atoms with E-state index in [0.29, 0.717) is 17.9 Å². The summed E-state index contributed by atoms with van der Waals surface area (Å²) in [6.07, 6.45) is -0.0623. The minimum atomic E-state index is -0.504. The molecule has 0 aliphatic carbocycles. The van der Waals surface area contributed by atoms with Crippen LogP contribution in [0.15, 0.2) is 24.3 Å².